The molecule has 1 N–H and O–H groups in total. The number of aromatic amines is 1. The first-order valence-corrected chi connectivity index (χ1v) is 13.3. The van der Waals surface area contributed by atoms with E-state index in [9.17, 15) is 14.4 Å². The van der Waals surface area contributed by atoms with Crippen LogP contribution >= 0.6 is 0 Å². The van der Waals surface area contributed by atoms with Crippen LogP contribution in [0.3, 0.4) is 0 Å². The van der Waals surface area contributed by atoms with Gasteiger partial charge < -0.3 is 14.0 Å². The van der Waals surface area contributed by atoms with Gasteiger partial charge in [-0.2, -0.15) is 0 Å². The summed E-state index contributed by atoms with van der Waals surface area (Å²) in [4.78, 5) is 38.7. The Bertz CT molecular complexity index is 1220. The lowest BCUT2D eigenvalue weighted by Crippen LogP contribution is -2.68. The normalized spacial score (nSPS) is 20.9. The van der Waals surface area contributed by atoms with Gasteiger partial charge in [-0.05, 0) is 22.3 Å². The van der Waals surface area contributed by atoms with Gasteiger partial charge in [-0.25, -0.2) is 4.79 Å². The van der Waals surface area contributed by atoms with E-state index in [1.165, 1.54) is 10.8 Å². The third-order valence-electron chi connectivity index (χ3n) is 6.45. The predicted octanol–water partition coefficient (Wildman–Crippen LogP) is 2.28. The Hall–Kier alpha value is -3.07. The van der Waals surface area contributed by atoms with Gasteiger partial charge in [0.15, 0.2) is 6.29 Å². The molecular weight excluding hydrogens is 448 g/mol. The largest absolute Gasteiger partial charge is 0.401 e. The highest BCUT2D eigenvalue weighted by Gasteiger charge is 2.53. The Morgan fingerprint density at radius 3 is 2.09 bits per heavy atom. The number of carbonyl (C=O) groups is 1. The first-order valence-electron chi connectivity index (χ1n) is 11.4. The zero-order valence-corrected chi connectivity index (χ0v) is 20.9. The molecule has 0 amide bonds. The smallest absolute Gasteiger partial charge is 0.330 e. The predicted molar refractivity (Wildman–Crippen MR) is 133 cm³/mol. The summed E-state index contributed by atoms with van der Waals surface area (Å²) in [6, 6.07) is 20.3. The van der Waals surface area contributed by atoms with E-state index in [1.54, 1.807) is 6.92 Å². The maximum absolute atomic E-state index is 12.5. The van der Waals surface area contributed by atoms with Gasteiger partial charge in [-0.15, -0.1) is 0 Å². The molecule has 178 valence electrons. The highest BCUT2D eigenvalue weighted by Crippen LogP contribution is 2.40. The van der Waals surface area contributed by atoms with Crippen molar-refractivity contribution in [2.45, 2.75) is 57.6 Å². The number of hydrogen-bond acceptors (Lipinski definition) is 5. The number of nitrogens with zero attached hydrogens (tertiary/aromatic N) is 1. The number of nitrogens with one attached hydrogen (secondary N) is 1. The zero-order valence-electron chi connectivity index (χ0n) is 19.9. The molecule has 7 nitrogen and oxygen atoms in total. The second-order valence-corrected chi connectivity index (χ2v) is 14.0. The van der Waals surface area contributed by atoms with Gasteiger partial charge in [0.2, 0.25) is 0 Å². The number of benzene rings is 2. The molecule has 3 atom stereocenters. The number of H-pyrrole nitrogens is 1. The van der Waals surface area contributed by atoms with E-state index in [1.807, 2.05) is 36.4 Å². The van der Waals surface area contributed by atoms with Crippen LogP contribution in [0.25, 0.3) is 0 Å². The van der Waals surface area contributed by atoms with Crippen molar-refractivity contribution in [3.8, 4) is 0 Å². The van der Waals surface area contributed by atoms with Gasteiger partial charge in [-0.3, -0.25) is 14.3 Å². The van der Waals surface area contributed by atoms with Crippen LogP contribution in [0.15, 0.2) is 76.4 Å². The molecule has 2 aromatic carbocycles. The third-order valence-corrected chi connectivity index (χ3v) is 11.5. The van der Waals surface area contributed by atoms with Gasteiger partial charge in [0, 0.05) is 18.2 Å². The Morgan fingerprint density at radius 2 is 1.59 bits per heavy atom. The van der Waals surface area contributed by atoms with E-state index < -0.39 is 38.0 Å². The van der Waals surface area contributed by atoms with Gasteiger partial charge in [0.05, 0.1) is 6.10 Å². The number of rotatable bonds is 6. The first-order chi connectivity index (χ1) is 16.2. The summed E-state index contributed by atoms with van der Waals surface area (Å²) in [5.74, 6) is 0. The standard InChI is InChI=1S/C26H30N2O5Si/c1-18-16-28(25(31)27-24(18)30)23-15-21(22(17-29)32-23)33-34(26(2,3)4,19-11-7-5-8-12-19)20-13-9-6-10-14-20/h5-14,16-17,21-23H,15H2,1-4H3,(H,27,30,31)/t21-,22-,23-/m1/s1. The van der Waals surface area contributed by atoms with Crippen LogP contribution in [-0.4, -0.2) is 36.4 Å². The van der Waals surface area contributed by atoms with E-state index in [0.717, 1.165) is 16.7 Å². The molecule has 8 heteroatoms. The fraction of sp³-hybridized carbons (Fsp3) is 0.346. The SMILES string of the molecule is Cc1cn([C@H]2C[C@@H](O[Si](c3ccccc3)(c3ccccc3)C(C)(C)C)[C@@H](C=O)O2)c(=O)[nH]c1=O. The second-order valence-electron chi connectivity index (χ2n) is 9.73. The fourth-order valence-corrected chi connectivity index (χ4v) is 9.49. The minimum Gasteiger partial charge on any atom is -0.401 e. The molecule has 4 rings (SSSR count). The second kappa shape index (κ2) is 9.29. The van der Waals surface area contributed by atoms with Gasteiger partial charge >= 0.3 is 5.69 Å². The van der Waals surface area contributed by atoms with E-state index in [0.29, 0.717) is 12.0 Å². The van der Waals surface area contributed by atoms with E-state index >= 15 is 0 Å². The van der Waals surface area contributed by atoms with Crippen molar-refractivity contribution >= 4 is 25.0 Å². The fourth-order valence-electron chi connectivity index (χ4n) is 4.79. The number of hydrogen-bond donors (Lipinski definition) is 1. The number of carbonyl (C=O) groups excluding carboxylic acids is 1. The van der Waals surface area contributed by atoms with Crippen LogP contribution in [0.4, 0.5) is 0 Å². The van der Waals surface area contributed by atoms with Crippen molar-refractivity contribution in [2.24, 2.45) is 0 Å². The summed E-state index contributed by atoms with van der Waals surface area (Å²) in [6.45, 7) is 8.12. The van der Waals surface area contributed by atoms with Crippen molar-refractivity contribution in [3.63, 3.8) is 0 Å². The van der Waals surface area contributed by atoms with E-state index in [-0.39, 0.29) is 5.04 Å². The van der Waals surface area contributed by atoms with Crippen molar-refractivity contribution in [2.75, 3.05) is 0 Å². The van der Waals surface area contributed by atoms with Crippen molar-refractivity contribution in [1.29, 1.82) is 0 Å². The summed E-state index contributed by atoms with van der Waals surface area (Å²) in [5, 5.41) is 1.92. The van der Waals surface area contributed by atoms with Crippen LogP contribution in [0, 0.1) is 6.92 Å². The number of aldehydes is 1. The molecule has 1 saturated heterocycles. The Kier molecular flexibility index (Phi) is 6.57. The minimum absolute atomic E-state index is 0.271. The van der Waals surface area contributed by atoms with Crippen LogP contribution in [0.1, 0.15) is 39.0 Å². The van der Waals surface area contributed by atoms with E-state index in [4.69, 9.17) is 9.16 Å². The lowest BCUT2D eigenvalue weighted by molar-refractivity contribution is -0.122. The van der Waals surface area contributed by atoms with Gasteiger partial charge in [0.1, 0.15) is 12.3 Å². The molecule has 2 heterocycles. The van der Waals surface area contributed by atoms with Crippen LogP contribution in [0.2, 0.25) is 5.04 Å². The highest BCUT2D eigenvalue weighted by atomic mass is 28.4. The maximum atomic E-state index is 12.5. The highest BCUT2D eigenvalue weighted by molar-refractivity contribution is 6.99. The molecule has 1 aliphatic rings. The Labute approximate surface area is 199 Å². The number of ether oxygens (including phenoxy) is 1. The number of aromatic nitrogens is 2. The molecule has 0 spiro atoms. The molecule has 0 unspecified atom stereocenters. The van der Waals surface area contributed by atoms with Crippen molar-refractivity contribution < 1.29 is 14.0 Å². The van der Waals surface area contributed by atoms with Crippen LogP contribution < -0.4 is 21.6 Å². The van der Waals surface area contributed by atoms with Crippen LogP contribution in [0.5, 0.6) is 0 Å². The summed E-state index contributed by atoms with van der Waals surface area (Å²) in [6.07, 6.45) is 0.393. The molecule has 0 radical (unpaired) electrons. The number of aryl methyl sites for hydroxylation is 1. The van der Waals surface area contributed by atoms with Gasteiger partial charge in [-0.1, -0.05) is 81.4 Å². The quantitative estimate of drug-likeness (QED) is 0.434. The Balaban J connectivity index is 1.80. The Morgan fingerprint density at radius 1 is 1.03 bits per heavy atom. The third kappa shape index (κ3) is 4.24. The summed E-state index contributed by atoms with van der Waals surface area (Å²) < 4.78 is 14.4. The molecular formula is C26H30N2O5Si. The molecule has 0 aliphatic carbocycles. The molecule has 1 aliphatic heterocycles. The topological polar surface area (TPSA) is 90.4 Å². The van der Waals surface area contributed by atoms with Crippen molar-refractivity contribution in [1.82, 2.24) is 9.55 Å². The lowest BCUT2D eigenvalue weighted by atomic mass is 10.2. The molecule has 0 saturated carbocycles. The van der Waals surface area contributed by atoms with Crippen LogP contribution in [-0.2, 0) is 14.0 Å². The average Bonchev–Trinajstić information content (AvgIpc) is 3.22. The van der Waals surface area contributed by atoms with Gasteiger partial charge in [0.25, 0.3) is 13.9 Å². The average molecular weight is 479 g/mol. The molecule has 0 bridgehead atoms. The van der Waals surface area contributed by atoms with Crippen molar-refractivity contribution in [3.05, 3.63) is 93.3 Å². The van der Waals surface area contributed by atoms with E-state index in [2.05, 4.69) is 50.0 Å². The molecule has 1 aromatic heterocycles. The summed E-state index contributed by atoms with van der Waals surface area (Å²) in [5.41, 5.74) is -0.621. The first kappa shape index (κ1) is 24.1. The lowest BCUT2D eigenvalue weighted by Gasteiger charge is -2.44. The minimum atomic E-state index is -2.92. The molecule has 34 heavy (non-hydrogen) atoms. The molecule has 3 aromatic rings. The summed E-state index contributed by atoms with van der Waals surface area (Å²) >= 11 is 0. The zero-order chi connectivity index (χ0) is 24.5. The molecule has 1 fully saturated rings. The summed E-state index contributed by atoms with van der Waals surface area (Å²) in [7, 11) is -2.92. The maximum Gasteiger partial charge on any atom is 0.330 e. The monoisotopic (exact) mass is 478 g/mol.